The summed E-state index contributed by atoms with van der Waals surface area (Å²) < 4.78 is 68.0. The van der Waals surface area contributed by atoms with E-state index in [-0.39, 0.29) is 34.4 Å². The van der Waals surface area contributed by atoms with Crippen LogP contribution in [0.3, 0.4) is 0 Å². The number of phosphoric ester groups is 1. The van der Waals surface area contributed by atoms with E-state index in [2.05, 4.69) is 20.0 Å². The molecule has 236 valence electrons. The number of anilines is 1. The lowest BCUT2D eigenvalue weighted by molar-refractivity contribution is -0.220. The molecule has 2 aromatic heterocycles. The molecule has 1 saturated heterocycles. The number of rotatable bonds is 14. The standard InChI is InChI=1S/C22H28ClFN6O10P2S/c1-36-21(32)13(8-9-43-2)29-41(33,39-12-6-4-3-5-7-12)40-42(34,35)37-10-14-17(31)15(24)20(38-14)30-11-26-16-18(25)27-22(23)28-19(16)30/h3-7,11,13-15,17,20,31H,8-10H2,1-2H3,(H,29,33)(H,34,35)(H2,25,27,28)/p-1/t13-,14+,15?,17-,20+,41?/m0/s1. The normalized spacial score (nSPS) is 23.9. The van der Waals surface area contributed by atoms with Crippen molar-refractivity contribution in [2.75, 3.05) is 31.5 Å². The molecule has 0 aliphatic carbocycles. The van der Waals surface area contributed by atoms with Crippen molar-refractivity contribution >= 4 is 61.9 Å². The van der Waals surface area contributed by atoms with E-state index in [0.717, 1.165) is 18.0 Å². The number of para-hydroxylation sites is 1. The highest BCUT2D eigenvalue weighted by Gasteiger charge is 2.47. The lowest BCUT2D eigenvalue weighted by atomic mass is 10.1. The lowest BCUT2D eigenvalue weighted by Crippen LogP contribution is -2.38. The Kier molecular flexibility index (Phi) is 11.0. The monoisotopic (exact) mass is 683 g/mol. The molecule has 21 heteroatoms. The average molecular weight is 684 g/mol. The zero-order chi connectivity index (χ0) is 31.4. The van der Waals surface area contributed by atoms with E-state index in [9.17, 15) is 23.9 Å². The predicted octanol–water partition coefficient (Wildman–Crippen LogP) is 2.23. The second kappa shape index (κ2) is 14.2. The molecular weight excluding hydrogens is 657 g/mol. The van der Waals surface area contributed by atoms with Crippen LogP contribution >= 0.6 is 38.9 Å². The number of nitrogens with two attached hydrogens (primary N) is 1. The van der Waals surface area contributed by atoms with Crippen LogP contribution in [0.2, 0.25) is 5.28 Å². The molecule has 7 atom stereocenters. The zero-order valence-electron chi connectivity index (χ0n) is 22.5. The van der Waals surface area contributed by atoms with Gasteiger partial charge in [0.05, 0.1) is 20.0 Å². The predicted molar refractivity (Wildman–Crippen MR) is 151 cm³/mol. The fourth-order valence-corrected chi connectivity index (χ4v) is 7.58. The number of aromatic nitrogens is 4. The van der Waals surface area contributed by atoms with Crippen molar-refractivity contribution in [1.29, 1.82) is 0 Å². The molecule has 43 heavy (non-hydrogen) atoms. The number of nitrogens with one attached hydrogen (secondary N) is 1. The number of phosphoric acid groups is 1. The van der Waals surface area contributed by atoms with Gasteiger partial charge in [-0.1, -0.05) is 18.2 Å². The van der Waals surface area contributed by atoms with Gasteiger partial charge in [-0.2, -0.15) is 26.8 Å². The number of methoxy groups -OCH3 is 1. The molecule has 0 bridgehead atoms. The molecule has 0 saturated carbocycles. The summed E-state index contributed by atoms with van der Waals surface area (Å²) in [6.07, 6.45) is -4.07. The number of carbonyl (C=O) groups is 1. The molecule has 1 fully saturated rings. The minimum absolute atomic E-state index is 0.00320. The van der Waals surface area contributed by atoms with E-state index in [4.69, 9.17) is 40.2 Å². The fourth-order valence-electron chi connectivity index (χ4n) is 3.97. The number of esters is 1. The molecule has 3 aromatic rings. The van der Waals surface area contributed by atoms with E-state index in [1.807, 2.05) is 0 Å². The zero-order valence-corrected chi connectivity index (χ0v) is 25.9. The van der Waals surface area contributed by atoms with Gasteiger partial charge in [0.1, 0.15) is 29.5 Å². The van der Waals surface area contributed by atoms with E-state index in [1.54, 1.807) is 12.3 Å². The maximum absolute atomic E-state index is 15.1. The van der Waals surface area contributed by atoms with Crippen molar-refractivity contribution in [3.8, 4) is 5.75 Å². The van der Waals surface area contributed by atoms with Crippen LogP contribution < -0.4 is 20.2 Å². The van der Waals surface area contributed by atoms with Gasteiger partial charge in [-0.25, -0.2) is 18.3 Å². The Hall–Kier alpha value is -2.37. The minimum Gasteiger partial charge on any atom is -0.756 e. The van der Waals surface area contributed by atoms with Crippen molar-refractivity contribution in [3.05, 3.63) is 41.9 Å². The number of aliphatic hydroxyl groups excluding tert-OH is 1. The molecule has 0 radical (unpaired) electrons. The van der Waals surface area contributed by atoms with Crippen LogP contribution in [0.1, 0.15) is 12.6 Å². The quantitative estimate of drug-likeness (QED) is 0.126. The van der Waals surface area contributed by atoms with Gasteiger partial charge in [0.15, 0.2) is 23.9 Å². The lowest BCUT2D eigenvalue weighted by Gasteiger charge is -2.30. The van der Waals surface area contributed by atoms with E-state index >= 15 is 4.39 Å². The van der Waals surface area contributed by atoms with Crippen molar-refractivity contribution < 1.29 is 51.1 Å². The SMILES string of the molecule is COC(=O)[C@H](CCSC)NP(=O)(Oc1ccccc1)OP(=O)([O-])OC[C@H]1O[C@@H](n2cnc3c(N)nc(Cl)nc32)C(F)[C@H]1O. The smallest absolute Gasteiger partial charge is 0.465 e. The Balaban J connectivity index is 1.50. The third kappa shape index (κ3) is 8.22. The van der Waals surface area contributed by atoms with E-state index < -0.39 is 58.8 Å². The highest BCUT2D eigenvalue weighted by Crippen LogP contribution is 2.58. The topological polar surface area (TPSA) is 222 Å². The molecule has 0 amide bonds. The van der Waals surface area contributed by atoms with Gasteiger partial charge in [0, 0.05) is 0 Å². The number of imidazole rings is 1. The number of halogens is 2. The van der Waals surface area contributed by atoms with E-state index in [1.165, 1.54) is 36.0 Å². The van der Waals surface area contributed by atoms with Crippen LogP contribution in [-0.2, 0) is 32.2 Å². The summed E-state index contributed by atoms with van der Waals surface area (Å²) in [7, 11) is -9.34. The number of hydrogen-bond donors (Lipinski definition) is 3. The molecule has 16 nitrogen and oxygen atoms in total. The summed E-state index contributed by atoms with van der Waals surface area (Å²) in [4.78, 5) is 36.9. The molecule has 3 heterocycles. The van der Waals surface area contributed by atoms with Gasteiger partial charge in [-0.05, 0) is 42.2 Å². The van der Waals surface area contributed by atoms with Gasteiger partial charge in [0.2, 0.25) is 5.28 Å². The van der Waals surface area contributed by atoms with E-state index in [0.29, 0.717) is 5.75 Å². The number of aliphatic hydroxyl groups is 1. The molecule has 0 spiro atoms. The van der Waals surface area contributed by atoms with Crippen LogP contribution in [0.4, 0.5) is 10.2 Å². The van der Waals surface area contributed by atoms with Crippen LogP contribution in [0, 0.1) is 0 Å². The fraction of sp³-hybridized carbons (Fsp3) is 0.455. The summed E-state index contributed by atoms with van der Waals surface area (Å²) in [5, 5.41) is 12.5. The summed E-state index contributed by atoms with van der Waals surface area (Å²) in [5.41, 5.74) is 5.87. The van der Waals surface area contributed by atoms with Gasteiger partial charge in [-0.3, -0.25) is 13.9 Å². The molecule has 1 aliphatic heterocycles. The number of alkyl halides is 1. The highest BCUT2D eigenvalue weighted by atomic mass is 35.5. The third-order valence-electron chi connectivity index (χ3n) is 5.97. The summed E-state index contributed by atoms with van der Waals surface area (Å²) in [6.45, 7) is -0.957. The second-order valence-electron chi connectivity index (χ2n) is 8.91. The van der Waals surface area contributed by atoms with Crippen LogP contribution in [0.15, 0.2) is 36.7 Å². The number of thioether (sulfide) groups is 1. The number of carbonyl (C=O) groups excluding carboxylic acids is 1. The Morgan fingerprint density at radius 3 is 2.74 bits per heavy atom. The first-order valence-electron chi connectivity index (χ1n) is 12.4. The maximum atomic E-state index is 15.1. The first kappa shape index (κ1) is 33.5. The minimum atomic E-state index is -5.55. The second-order valence-corrected chi connectivity index (χ2v) is 13.5. The van der Waals surface area contributed by atoms with Gasteiger partial charge >= 0.3 is 13.7 Å². The molecule has 4 N–H and O–H groups in total. The van der Waals surface area contributed by atoms with Crippen molar-refractivity contribution in [2.45, 2.75) is 37.1 Å². The Bertz CT molecular complexity index is 1530. The molecule has 4 rings (SSSR count). The van der Waals surface area contributed by atoms with Crippen LogP contribution in [-0.4, -0.2) is 80.7 Å². The first-order valence-corrected chi connectivity index (χ1v) is 17.1. The van der Waals surface area contributed by atoms with Crippen molar-refractivity contribution in [2.24, 2.45) is 0 Å². The number of nitrogen functional groups attached to an aromatic ring is 1. The molecule has 1 aliphatic rings. The summed E-state index contributed by atoms with van der Waals surface area (Å²) >= 11 is 7.22. The number of fused-ring (bicyclic) bond motifs is 1. The molecular formula is C22H27ClFN6O10P2S-. The van der Waals surface area contributed by atoms with Crippen LogP contribution in [0.25, 0.3) is 11.2 Å². The Labute approximate surface area is 253 Å². The van der Waals surface area contributed by atoms with Crippen molar-refractivity contribution in [3.63, 3.8) is 0 Å². The molecule has 1 aromatic carbocycles. The number of nitrogens with zero attached hydrogens (tertiary/aromatic N) is 4. The van der Waals surface area contributed by atoms with Gasteiger partial charge < -0.3 is 34.3 Å². The average Bonchev–Trinajstić information content (AvgIpc) is 3.50. The molecule has 3 unspecified atom stereocenters. The van der Waals surface area contributed by atoms with Gasteiger partial charge in [0.25, 0.3) is 7.82 Å². The maximum Gasteiger partial charge on any atom is 0.465 e. The van der Waals surface area contributed by atoms with Crippen molar-refractivity contribution in [1.82, 2.24) is 24.6 Å². The Morgan fingerprint density at radius 1 is 1.35 bits per heavy atom. The summed E-state index contributed by atoms with van der Waals surface area (Å²) in [6, 6.07) is 6.15. The largest absolute Gasteiger partial charge is 0.756 e. The Morgan fingerprint density at radius 2 is 2.07 bits per heavy atom. The number of ether oxygens (including phenoxy) is 2. The van der Waals surface area contributed by atoms with Gasteiger partial charge in [-0.15, -0.1) is 0 Å². The third-order valence-corrected chi connectivity index (χ3v) is 9.99. The summed E-state index contributed by atoms with van der Waals surface area (Å²) in [5.74, 6) is -0.574. The first-order chi connectivity index (χ1) is 20.4. The number of hydrogen-bond acceptors (Lipinski definition) is 15. The number of benzene rings is 1. The highest BCUT2D eigenvalue weighted by molar-refractivity contribution is 7.98. The van der Waals surface area contributed by atoms with Crippen LogP contribution in [0.5, 0.6) is 5.75 Å².